The molecule has 12 heavy (non-hydrogen) atoms. The first-order chi connectivity index (χ1) is 5.75. The fraction of sp³-hybridized carbons (Fsp3) is 0. The van der Waals surface area contributed by atoms with Gasteiger partial charge in [0.15, 0.2) is 0 Å². The Kier molecular flexibility index (Phi) is 2.19. The number of benzene rings is 1. The first-order valence-corrected chi connectivity index (χ1v) is 4.93. The fourth-order valence-electron chi connectivity index (χ4n) is 1.07. The van der Waals surface area contributed by atoms with Crippen molar-refractivity contribution in [3.8, 4) is 0 Å². The average molecular weight is 290 g/mol. The summed E-state index contributed by atoms with van der Waals surface area (Å²) in [7, 11) is 0. The summed E-state index contributed by atoms with van der Waals surface area (Å²) in [5, 5.41) is 1.67. The highest BCUT2D eigenvalue weighted by molar-refractivity contribution is 14.1. The predicted molar refractivity (Wildman–Crippen MR) is 59.5 cm³/mol. The molecule has 0 unspecified atom stereocenters. The van der Waals surface area contributed by atoms with Crippen molar-refractivity contribution in [1.82, 2.24) is 4.98 Å². The van der Waals surface area contributed by atoms with E-state index < -0.39 is 0 Å². The monoisotopic (exact) mass is 289 g/mol. The minimum atomic E-state index is 0.546. The molecule has 0 bridgehead atoms. The number of aromatic nitrogens is 1. The molecule has 0 spiro atoms. The molecule has 0 N–H and O–H groups in total. The van der Waals surface area contributed by atoms with Crippen LogP contribution in [0.2, 0.25) is 5.15 Å². The summed E-state index contributed by atoms with van der Waals surface area (Å²) in [5.41, 5.74) is 0.953. The number of halogens is 2. The van der Waals surface area contributed by atoms with Gasteiger partial charge in [-0.15, -0.1) is 0 Å². The smallest absolute Gasteiger partial charge is 0.129 e. The van der Waals surface area contributed by atoms with Crippen LogP contribution in [0.1, 0.15) is 0 Å². The van der Waals surface area contributed by atoms with E-state index in [2.05, 4.69) is 33.6 Å². The largest absolute Gasteiger partial charge is 0.236 e. The Morgan fingerprint density at radius 1 is 1.17 bits per heavy atom. The van der Waals surface area contributed by atoms with Crippen molar-refractivity contribution in [1.29, 1.82) is 0 Å². The zero-order valence-electron chi connectivity index (χ0n) is 6.09. The number of fused-ring (bicyclic) bond motifs is 1. The van der Waals surface area contributed by atoms with Crippen LogP contribution >= 0.6 is 34.2 Å². The molecule has 1 nitrogen and oxygen atoms in total. The maximum atomic E-state index is 5.76. The van der Waals surface area contributed by atoms with Crippen molar-refractivity contribution < 1.29 is 0 Å². The van der Waals surface area contributed by atoms with Gasteiger partial charge in [0.25, 0.3) is 0 Å². The molecule has 0 aliphatic rings. The van der Waals surface area contributed by atoms with Gasteiger partial charge in [-0.3, -0.25) is 0 Å². The number of hydrogen-bond donors (Lipinski definition) is 0. The first kappa shape index (κ1) is 8.26. The van der Waals surface area contributed by atoms with E-state index in [1.165, 1.54) is 3.57 Å². The highest BCUT2D eigenvalue weighted by Gasteiger charge is 1.95. The first-order valence-electron chi connectivity index (χ1n) is 3.47. The molecule has 1 aromatic carbocycles. The van der Waals surface area contributed by atoms with Crippen LogP contribution in [0.4, 0.5) is 0 Å². The van der Waals surface area contributed by atoms with Gasteiger partial charge in [-0.05, 0) is 46.9 Å². The van der Waals surface area contributed by atoms with Crippen LogP contribution < -0.4 is 0 Å². The third kappa shape index (κ3) is 1.54. The van der Waals surface area contributed by atoms with Crippen molar-refractivity contribution in [3.63, 3.8) is 0 Å². The van der Waals surface area contributed by atoms with E-state index in [4.69, 9.17) is 11.6 Å². The van der Waals surface area contributed by atoms with E-state index in [-0.39, 0.29) is 0 Å². The molecule has 1 heterocycles. The molecule has 0 saturated heterocycles. The van der Waals surface area contributed by atoms with E-state index in [1.807, 2.05) is 18.2 Å². The molecule has 0 amide bonds. The summed E-state index contributed by atoms with van der Waals surface area (Å²) in [4.78, 5) is 4.20. The molecule has 0 radical (unpaired) electrons. The van der Waals surface area contributed by atoms with Gasteiger partial charge in [-0.2, -0.15) is 0 Å². The van der Waals surface area contributed by atoms with E-state index >= 15 is 0 Å². The minimum absolute atomic E-state index is 0.546. The van der Waals surface area contributed by atoms with Crippen LogP contribution in [0.15, 0.2) is 30.3 Å². The van der Waals surface area contributed by atoms with E-state index in [0.29, 0.717) is 5.15 Å². The Morgan fingerprint density at radius 2 is 1.92 bits per heavy atom. The van der Waals surface area contributed by atoms with Gasteiger partial charge in [0, 0.05) is 8.96 Å². The van der Waals surface area contributed by atoms with Crippen LogP contribution in [-0.4, -0.2) is 4.98 Å². The Morgan fingerprint density at radius 3 is 2.75 bits per heavy atom. The number of hydrogen-bond acceptors (Lipinski definition) is 1. The van der Waals surface area contributed by atoms with Crippen LogP contribution in [0.5, 0.6) is 0 Å². The Hall–Kier alpha value is -0.350. The lowest BCUT2D eigenvalue weighted by Gasteiger charge is -1.97. The molecule has 2 aromatic rings. The molecular weight excluding hydrogens is 284 g/mol. The number of pyridine rings is 1. The fourth-order valence-corrected chi connectivity index (χ4v) is 1.69. The lowest BCUT2D eigenvalue weighted by atomic mass is 10.2. The predicted octanol–water partition coefficient (Wildman–Crippen LogP) is 3.49. The molecule has 0 fully saturated rings. The normalized spacial score (nSPS) is 10.5. The van der Waals surface area contributed by atoms with Crippen molar-refractivity contribution in [2.24, 2.45) is 0 Å². The summed E-state index contributed by atoms with van der Waals surface area (Å²) < 4.78 is 1.18. The molecule has 0 atom stereocenters. The molecule has 3 heteroatoms. The Bertz CT molecular complexity index is 391. The second-order valence-corrected chi connectivity index (χ2v) is 4.10. The lowest BCUT2D eigenvalue weighted by Crippen LogP contribution is -1.79. The average Bonchev–Trinajstić information content (AvgIpc) is 2.03. The summed E-state index contributed by atoms with van der Waals surface area (Å²) in [5.74, 6) is 0. The van der Waals surface area contributed by atoms with Crippen molar-refractivity contribution in [2.45, 2.75) is 0 Å². The van der Waals surface area contributed by atoms with Crippen LogP contribution in [-0.2, 0) is 0 Å². The highest BCUT2D eigenvalue weighted by atomic mass is 127. The second-order valence-electron chi connectivity index (χ2n) is 2.47. The molecule has 60 valence electrons. The van der Waals surface area contributed by atoms with Gasteiger partial charge >= 0.3 is 0 Å². The third-order valence-corrected chi connectivity index (χ3v) is 2.50. The Labute approximate surface area is 88.9 Å². The van der Waals surface area contributed by atoms with E-state index in [0.717, 1.165) is 10.9 Å². The Balaban J connectivity index is 2.80. The zero-order chi connectivity index (χ0) is 8.55. The topological polar surface area (TPSA) is 12.9 Å². The molecule has 2 rings (SSSR count). The SMILES string of the molecule is Clc1ccc2ccc(I)cc2n1. The van der Waals surface area contributed by atoms with Gasteiger partial charge in [0.1, 0.15) is 5.15 Å². The van der Waals surface area contributed by atoms with Gasteiger partial charge in [0.05, 0.1) is 5.52 Å². The maximum absolute atomic E-state index is 5.76. The molecule has 0 aliphatic heterocycles. The van der Waals surface area contributed by atoms with Gasteiger partial charge in [-0.1, -0.05) is 17.7 Å². The van der Waals surface area contributed by atoms with Crippen molar-refractivity contribution in [3.05, 3.63) is 39.1 Å². The van der Waals surface area contributed by atoms with Crippen LogP contribution in [0.3, 0.4) is 0 Å². The van der Waals surface area contributed by atoms with E-state index in [9.17, 15) is 0 Å². The zero-order valence-corrected chi connectivity index (χ0v) is 9.00. The van der Waals surface area contributed by atoms with Gasteiger partial charge in [-0.25, -0.2) is 4.98 Å². The van der Waals surface area contributed by atoms with Gasteiger partial charge in [0.2, 0.25) is 0 Å². The van der Waals surface area contributed by atoms with Crippen molar-refractivity contribution >= 4 is 45.1 Å². The summed E-state index contributed by atoms with van der Waals surface area (Å²) in [6.07, 6.45) is 0. The minimum Gasteiger partial charge on any atom is -0.236 e. The standard InChI is InChI=1S/C9H5ClIN/c10-9-4-2-6-1-3-7(11)5-8(6)12-9/h1-5H. The number of nitrogens with zero attached hydrogens (tertiary/aromatic N) is 1. The molecule has 1 aromatic heterocycles. The quantitative estimate of drug-likeness (QED) is 0.534. The lowest BCUT2D eigenvalue weighted by molar-refractivity contribution is 1.41. The maximum Gasteiger partial charge on any atom is 0.129 e. The summed E-state index contributed by atoms with van der Waals surface area (Å²) in [6.45, 7) is 0. The third-order valence-electron chi connectivity index (χ3n) is 1.62. The molecular formula is C9H5ClIN. The molecule has 0 aliphatic carbocycles. The van der Waals surface area contributed by atoms with Crippen LogP contribution in [0, 0.1) is 3.57 Å². The highest BCUT2D eigenvalue weighted by Crippen LogP contribution is 2.17. The second kappa shape index (κ2) is 3.18. The van der Waals surface area contributed by atoms with E-state index in [1.54, 1.807) is 6.07 Å². The van der Waals surface area contributed by atoms with Crippen molar-refractivity contribution in [2.75, 3.05) is 0 Å². The number of rotatable bonds is 0. The molecule has 0 saturated carbocycles. The summed E-state index contributed by atoms with van der Waals surface area (Å²) in [6, 6.07) is 9.89. The summed E-state index contributed by atoms with van der Waals surface area (Å²) >= 11 is 8.01. The van der Waals surface area contributed by atoms with Gasteiger partial charge < -0.3 is 0 Å². The van der Waals surface area contributed by atoms with Crippen LogP contribution in [0.25, 0.3) is 10.9 Å².